The van der Waals surface area contributed by atoms with E-state index in [1.165, 1.54) is 14.0 Å². The van der Waals surface area contributed by atoms with Crippen LogP contribution in [-0.4, -0.2) is 25.9 Å². The minimum atomic E-state index is -0.241. The fourth-order valence-electron chi connectivity index (χ4n) is 3.00. The molecule has 0 fully saturated rings. The standard InChI is InChI=1S/C21H18BrNO4/c1-12(24)23-13-8-9-18(22)16(10-13)20(25)17-11-19(26-2)14-6-4-5-7-15(14)21(17)27-3/h4-11H,1-3H3,(H,23,24). The molecule has 3 aromatic carbocycles. The van der Waals surface area contributed by atoms with E-state index >= 15 is 0 Å². The second kappa shape index (κ2) is 7.80. The van der Waals surface area contributed by atoms with Crippen LogP contribution in [0, 0.1) is 0 Å². The summed E-state index contributed by atoms with van der Waals surface area (Å²) in [6.45, 7) is 1.42. The molecule has 0 saturated heterocycles. The molecule has 0 heterocycles. The Morgan fingerprint density at radius 3 is 2.26 bits per heavy atom. The highest BCUT2D eigenvalue weighted by Gasteiger charge is 2.22. The average molecular weight is 428 g/mol. The Balaban J connectivity index is 2.20. The molecule has 0 saturated carbocycles. The number of anilines is 1. The third-order valence-corrected chi connectivity index (χ3v) is 4.85. The van der Waals surface area contributed by atoms with Gasteiger partial charge in [0.2, 0.25) is 5.91 Å². The first-order valence-electron chi connectivity index (χ1n) is 8.21. The Morgan fingerprint density at radius 2 is 1.63 bits per heavy atom. The first-order chi connectivity index (χ1) is 13.0. The van der Waals surface area contributed by atoms with E-state index in [-0.39, 0.29) is 11.7 Å². The summed E-state index contributed by atoms with van der Waals surface area (Å²) in [6, 6.07) is 14.3. The minimum Gasteiger partial charge on any atom is -0.496 e. The Labute approximate surface area is 165 Å². The van der Waals surface area contributed by atoms with E-state index in [0.29, 0.717) is 32.8 Å². The zero-order valence-electron chi connectivity index (χ0n) is 15.1. The number of carbonyl (C=O) groups is 2. The Bertz CT molecular complexity index is 1050. The number of ketones is 1. The van der Waals surface area contributed by atoms with Crippen LogP contribution in [0.1, 0.15) is 22.8 Å². The van der Waals surface area contributed by atoms with Gasteiger partial charge in [-0.3, -0.25) is 9.59 Å². The molecule has 0 aliphatic heterocycles. The van der Waals surface area contributed by atoms with Crippen molar-refractivity contribution >= 4 is 44.1 Å². The minimum absolute atomic E-state index is 0.208. The lowest BCUT2D eigenvalue weighted by molar-refractivity contribution is -0.114. The summed E-state index contributed by atoms with van der Waals surface area (Å²) in [7, 11) is 3.10. The normalized spacial score (nSPS) is 10.5. The quantitative estimate of drug-likeness (QED) is 0.593. The van der Waals surface area contributed by atoms with Crippen molar-refractivity contribution in [2.45, 2.75) is 6.92 Å². The van der Waals surface area contributed by atoms with Gasteiger partial charge in [-0.15, -0.1) is 0 Å². The molecule has 0 aliphatic rings. The molecule has 138 valence electrons. The highest BCUT2D eigenvalue weighted by atomic mass is 79.9. The zero-order chi connectivity index (χ0) is 19.6. The number of benzene rings is 3. The number of halogens is 1. The molecular formula is C21H18BrNO4. The lowest BCUT2D eigenvalue weighted by Gasteiger charge is -2.15. The third-order valence-electron chi connectivity index (χ3n) is 4.16. The molecular weight excluding hydrogens is 410 g/mol. The molecule has 0 aliphatic carbocycles. The lowest BCUT2D eigenvalue weighted by Crippen LogP contribution is -2.09. The molecule has 3 rings (SSSR count). The van der Waals surface area contributed by atoms with Crippen molar-refractivity contribution in [2.75, 3.05) is 19.5 Å². The average Bonchev–Trinajstić information content (AvgIpc) is 2.67. The van der Waals surface area contributed by atoms with Gasteiger partial charge in [-0.05, 0) is 24.3 Å². The molecule has 27 heavy (non-hydrogen) atoms. The molecule has 1 N–H and O–H groups in total. The number of fused-ring (bicyclic) bond motifs is 1. The predicted octanol–water partition coefficient (Wildman–Crippen LogP) is 4.81. The fourth-order valence-corrected chi connectivity index (χ4v) is 3.42. The summed E-state index contributed by atoms with van der Waals surface area (Å²) in [5.41, 5.74) is 1.34. The topological polar surface area (TPSA) is 64.6 Å². The maximum Gasteiger partial charge on any atom is 0.221 e. The first-order valence-corrected chi connectivity index (χ1v) is 9.01. The van der Waals surface area contributed by atoms with E-state index in [4.69, 9.17) is 9.47 Å². The van der Waals surface area contributed by atoms with Crippen LogP contribution in [0.2, 0.25) is 0 Å². The monoisotopic (exact) mass is 427 g/mol. The van der Waals surface area contributed by atoms with Gasteiger partial charge >= 0.3 is 0 Å². The molecule has 3 aromatic rings. The molecule has 0 unspecified atom stereocenters. The van der Waals surface area contributed by atoms with Crippen LogP contribution in [0.15, 0.2) is 53.0 Å². The highest BCUT2D eigenvalue weighted by Crippen LogP contribution is 2.38. The Kier molecular flexibility index (Phi) is 5.46. The number of nitrogens with one attached hydrogen (secondary N) is 1. The Hall–Kier alpha value is -2.86. The van der Waals surface area contributed by atoms with Crippen molar-refractivity contribution in [3.05, 3.63) is 64.1 Å². The van der Waals surface area contributed by atoms with Gasteiger partial charge < -0.3 is 14.8 Å². The van der Waals surface area contributed by atoms with E-state index < -0.39 is 0 Å². The molecule has 0 atom stereocenters. The van der Waals surface area contributed by atoms with Crippen molar-refractivity contribution in [1.29, 1.82) is 0 Å². The fraction of sp³-hybridized carbons (Fsp3) is 0.143. The third kappa shape index (κ3) is 3.66. The van der Waals surface area contributed by atoms with Crippen LogP contribution < -0.4 is 14.8 Å². The molecule has 6 heteroatoms. The summed E-state index contributed by atoms with van der Waals surface area (Å²) < 4.78 is 11.7. The maximum absolute atomic E-state index is 13.3. The van der Waals surface area contributed by atoms with Crippen LogP contribution in [0.25, 0.3) is 10.8 Å². The van der Waals surface area contributed by atoms with E-state index in [0.717, 1.165) is 10.8 Å². The lowest BCUT2D eigenvalue weighted by atomic mass is 9.97. The van der Waals surface area contributed by atoms with Gasteiger partial charge in [0, 0.05) is 33.4 Å². The van der Waals surface area contributed by atoms with Gasteiger partial charge in [-0.1, -0.05) is 40.2 Å². The molecule has 0 bridgehead atoms. The summed E-state index contributed by atoms with van der Waals surface area (Å²) in [5, 5.41) is 4.34. The van der Waals surface area contributed by atoms with Gasteiger partial charge in [0.15, 0.2) is 5.78 Å². The van der Waals surface area contributed by atoms with Crippen molar-refractivity contribution in [2.24, 2.45) is 0 Å². The van der Waals surface area contributed by atoms with Gasteiger partial charge in [-0.25, -0.2) is 0 Å². The van der Waals surface area contributed by atoms with Crippen LogP contribution in [0.4, 0.5) is 5.69 Å². The Morgan fingerprint density at radius 1 is 0.926 bits per heavy atom. The van der Waals surface area contributed by atoms with E-state index in [9.17, 15) is 9.59 Å². The highest BCUT2D eigenvalue weighted by molar-refractivity contribution is 9.10. The number of carbonyl (C=O) groups excluding carboxylic acids is 2. The number of hydrogen-bond donors (Lipinski definition) is 1. The predicted molar refractivity (Wildman–Crippen MR) is 109 cm³/mol. The number of methoxy groups -OCH3 is 2. The molecule has 0 aromatic heterocycles. The first kappa shape index (κ1) is 18.9. The van der Waals surface area contributed by atoms with Crippen molar-refractivity contribution in [1.82, 2.24) is 0 Å². The van der Waals surface area contributed by atoms with Crippen LogP contribution in [0.5, 0.6) is 11.5 Å². The van der Waals surface area contributed by atoms with Gasteiger partial charge in [-0.2, -0.15) is 0 Å². The molecule has 0 radical (unpaired) electrons. The van der Waals surface area contributed by atoms with E-state index in [2.05, 4.69) is 21.2 Å². The zero-order valence-corrected chi connectivity index (χ0v) is 16.7. The number of hydrogen-bond acceptors (Lipinski definition) is 4. The summed E-state index contributed by atoms with van der Waals surface area (Å²) >= 11 is 3.42. The molecule has 5 nitrogen and oxygen atoms in total. The van der Waals surface area contributed by atoms with Gasteiger partial charge in [0.25, 0.3) is 0 Å². The number of ether oxygens (including phenoxy) is 2. The van der Waals surface area contributed by atoms with Crippen LogP contribution in [0.3, 0.4) is 0 Å². The van der Waals surface area contributed by atoms with E-state index in [1.54, 1.807) is 31.4 Å². The maximum atomic E-state index is 13.3. The summed E-state index contributed by atoms with van der Waals surface area (Å²) in [4.78, 5) is 24.7. The molecule has 0 spiro atoms. The smallest absolute Gasteiger partial charge is 0.221 e. The van der Waals surface area contributed by atoms with Crippen molar-refractivity contribution in [3.63, 3.8) is 0 Å². The van der Waals surface area contributed by atoms with Crippen LogP contribution >= 0.6 is 15.9 Å². The summed E-state index contributed by atoms with van der Waals surface area (Å²) in [6.07, 6.45) is 0. The van der Waals surface area contributed by atoms with Crippen LogP contribution in [-0.2, 0) is 4.79 Å². The number of rotatable bonds is 5. The summed E-state index contributed by atoms with van der Waals surface area (Å²) in [5.74, 6) is 0.618. The van der Waals surface area contributed by atoms with Crippen molar-refractivity contribution < 1.29 is 19.1 Å². The van der Waals surface area contributed by atoms with E-state index in [1.807, 2.05) is 24.3 Å². The van der Waals surface area contributed by atoms with Crippen molar-refractivity contribution in [3.8, 4) is 11.5 Å². The van der Waals surface area contributed by atoms with Gasteiger partial charge in [0.05, 0.1) is 19.8 Å². The molecule has 1 amide bonds. The number of amides is 1. The SMILES string of the molecule is COc1cc(C(=O)c2cc(NC(C)=O)ccc2Br)c(OC)c2ccccc12. The second-order valence-corrected chi connectivity index (χ2v) is 6.76. The largest absolute Gasteiger partial charge is 0.496 e. The van der Waals surface area contributed by atoms with Gasteiger partial charge in [0.1, 0.15) is 11.5 Å². The second-order valence-electron chi connectivity index (χ2n) is 5.91.